The lowest BCUT2D eigenvalue weighted by Crippen LogP contribution is -2.20. The molecule has 0 unspecified atom stereocenters. The molecule has 0 N–H and O–H groups in total. The zero-order valence-electron chi connectivity index (χ0n) is 10.0. The van der Waals surface area contributed by atoms with Gasteiger partial charge in [0.05, 0.1) is 0 Å². The Morgan fingerprint density at radius 1 is 1.19 bits per heavy atom. The van der Waals surface area contributed by atoms with Gasteiger partial charge in [-0.25, -0.2) is 9.59 Å². The molecule has 0 saturated heterocycles. The van der Waals surface area contributed by atoms with Gasteiger partial charge in [0.1, 0.15) is 5.78 Å². The molecule has 0 fully saturated rings. The lowest BCUT2D eigenvalue weighted by molar-refractivity contribution is -0.151. The Kier molecular flexibility index (Phi) is 3.31. The van der Waals surface area contributed by atoms with Crippen LogP contribution in [-0.4, -0.2) is 17.7 Å². The fraction of sp³-hybridized carbons (Fsp3) is 0.583. The monoisotopic (exact) mass is 224 g/mol. The molecule has 1 heterocycles. The van der Waals surface area contributed by atoms with Crippen LogP contribution in [-0.2, 0) is 19.1 Å². The van der Waals surface area contributed by atoms with Gasteiger partial charge in [-0.3, -0.25) is 4.79 Å². The van der Waals surface area contributed by atoms with E-state index in [1.807, 2.05) is 20.8 Å². The Morgan fingerprint density at radius 3 is 2.12 bits per heavy atom. The molecule has 88 valence electrons. The first kappa shape index (κ1) is 12.6. The number of hydrogen-bond acceptors (Lipinski definition) is 4. The highest BCUT2D eigenvalue weighted by Crippen LogP contribution is 2.24. The van der Waals surface area contributed by atoms with Crippen LogP contribution in [0, 0.1) is 5.41 Å². The lowest BCUT2D eigenvalue weighted by Gasteiger charge is -2.16. The number of cyclic esters (lactones) is 2. The molecule has 1 rings (SSSR count). The number of carbonyl (C=O) groups is 3. The van der Waals surface area contributed by atoms with Gasteiger partial charge in [-0.2, -0.15) is 0 Å². The van der Waals surface area contributed by atoms with Crippen LogP contribution in [0.2, 0.25) is 0 Å². The summed E-state index contributed by atoms with van der Waals surface area (Å²) in [5, 5.41) is 0. The molecule has 0 spiro atoms. The minimum Gasteiger partial charge on any atom is -0.386 e. The molecular weight excluding hydrogens is 208 g/mol. The molecule has 0 aromatic carbocycles. The van der Waals surface area contributed by atoms with Crippen LogP contribution in [0.15, 0.2) is 11.1 Å². The van der Waals surface area contributed by atoms with E-state index in [-0.39, 0.29) is 18.6 Å². The fourth-order valence-corrected chi connectivity index (χ4v) is 1.40. The van der Waals surface area contributed by atoms with Crippen molar-refractivity contribution < 1.29 is 19.1 Å². The van der Waals surface area contributed by atoms with Gasteiger partial charge in [-0.1, -0.05) is 20.8 Å². The van der Waals surface area contributed by atoms with Crippen molar-refractivity contribution in [1.82, 2.24) is 0 Å². The van der Waals surface area contributed by atoms with Crippen LogP contribution in [0.1, 0.15) is 40.5 Å². The average molecular weight is 224 g/mol. The Hall–Kier alpha value is -1.45. The molecule has 0 radical (unpaired) electrons. The number of ether oxygens (including phenoxy) is 1. The summed E-state index contributed by atoms with van der Waals surface area (Å²) in [6.07, 6.45) is 0.547. The Balaban J connectivity index is 2.67. The second kappa shape index (κ2) is 4.20. The van der Waals surface area contributed by atoms with Gasteiger partial charge >= 0.3 is 11.9 Å². The number of Topliss-reactive ketones (excluding diaryl/α,β-unsaturated/α-hetero) is 1. The van der Waals surface area contributed by atoms with Crippen molar-refractivity contribution in [3.8, 4) is 0 Å². The van der Waals surface area contributed by atoms with E-state index in [9.17, 15) is 14.4 Å². The molecule has 1 aliphatic rings. The van der Waals surface area contributed by atoms with Crippen LogP contribution < -0.4 is 0 Å². The Morgan fingerprint density at radius 2 is 1.75 bits per heavy atom. The van der Waals surface area contributed by atoms with E-state index in [1.165, 1.54) is 0 Å². The number of carbonyl (C=O) groups excluding carboxylic acids is 3. The molecule has 16 heavy (non-hydrogen) atoms. The zero-order valence-corrected chi connectivity index (χ0v) is 10.0. The Bertz CT molecular complexity index is 382. The molecule has 0 bridgehead atoms. The topological polar surface area (TPSA) is 60.4 Å². The molecule has 0 aromatic rings. The first-order valence-electron chi connectivity index (χ1n) is 5.23. The van der Waals surface area contributed by atoms with Gasteiger partial charge in [-0.15, -0.1) is 0 Å². The molecule has 0 atom stereocenters. The highest BCUT2D eigenvalue weighted by atomic mass is 16.6. The molecular formula is C12H16O4. The summed E-state index contributed by atoms with van der Waals surface area (Å²) in [7, 11) is 0. The minimum absolute atomic E-state index is 0.0694. The number of rotatable bonds is 3. The van der Waals surface area contributed by atoms with Crippen molar-refractivity contribution in [3.63, 3.8) is 0 Å². The second-order valence-corrected chi connectivity index (χ2v) is 4.95. The van der Waals surface area contributed by atoms with Gasteiger partial charge in [0, 0.05) is 23.0 Å². The van der Waals surface area contributed by atoms with Crippen molar-refractivity contribution in [2.45, 2.75) is 40.5 Å². The highest BCUT2D eigenvalue weighted by Gasteiger charge is 2.31. The van der Waals surface area contributed by atoms with E-state index in [1.54, 1.807) is 6.92 Å². The summed E-state index contributed by atoms with van der Waals surface area (Å²) in [6, 6.07) is 0. The second-order valence-electron chi connectivity index (χ2n) is 4.95. The first-order valence-corrected chi connectivity index (χ1v) is 5.23. The first-order chi connectivity index (χ1) is 7.23. The molecule has 0 saturated carbocycles. The minimum atomic E-state index is -0.607. The van der Waals surface area contributed by atoms with E-state index < -0.39 is 17.4 Å². The normalized spacial score (nSPS) is 16.8. The van der Waals surface area contributed by atoms with Gasteiger partial charge in [0.25, 0.3) is 0 Å². The van der Waals surface area contributed by atoms with Crippen molar-refractivity contribution in [3.05, 3.63) is 11.1 Å². The predicted molar refractivity (Wildman–Crippen MR) is 57.5 cm³/mol. The third-order valence-corrected chi connectivity index (χ3v) is 2.63. The molecule has 1 aliphatic heterocycles. The summed E-state index contributed by atoms with van der Waals surface area (Å²) in [5.74, 6) is -1.13. The molecule has 0 aliphatic carbocycles. The van der Waals surface area contributed by atoms with E-state index in [0.29, 0.717) is 11.1 Å². The van der Waals surface area contributed by atoms with Gasteiger partial charge in [0.15, 0.2) is 0 Å². The highest BCUT2D eigenvalue weighted by molar-refractivity contribution is 6.12. The van der Waals surface area contributed by atoms with Crippen molar-refractivity contribution in [1.29, 1.82) is 0 Å². The third kappa shape index (κ3) is 2.56. The van der Waals surface area contributed by atoms with E-state index in [4.69, 9.17) is 0 Å². The molecule has 4 heteroatoms. The summed E-state index contributed by atoms with van der Waals surface area (Å²) >= 11 is 0. The van der Waals surface area contributed by atoms with Crippen molar-refractivity contribution in [2.24, 2.45) is 5.41 Å². The molecule has 0 amide bonds. The van der Waals surface area contributed by atoms with Gasteiger partial charge in [0.2, 0.25) is 0 Å². The van der Waals surface area contributed by atoms with E-state index >= 15 is 0 Å². The third-order valence-electron chi connectivity index (χ3n) is 2.63. The maximum Gasteiger partial charge on any atom is 0.342 e. The van der Waals surface area contributed by atoms with Crippen LogP contribution in [0.3, 0.4) is 0 Å². The van der Waals surface area contributed by atoms with E-state index in [2.05, 4.69) is 4.74 Å². The van der Waals surface area contributed by atoms with Crippen LogP contribution in [0.25, 0.3) is 0 Å². The number of esters is 2. The summed E-state index contributed by atoms with van der Waals surface area (Å²) in [5.41, 5.74) is 0.246. The summed E-state index contributed by atoms with van der Waals surface area (Å²) < 4.78 is 4.44. The maximum atomic E-state index is 11.7. The lowest BCUT2D eigenvalue weighted by atomic mass is 9.87. The van der Waals surface area contributed by atoms with Crippen molar-refractivity contribution >= 4 is 17.7 Å². The van der Waals surface area contributed by atoms with E-state index in [0.717, 1.165) is 0 Å². The molecule has 0 aromatic heterocycles. The largest absolute Gasteiger partial charge is 0.386 e. The quantitative estimate of drug-likeness (QED) is 0.541. The maximum absolute atomic E-state index is 11.7. The van der Waals surface area contributed by atoms with Crippen LogP contribution in [0.5, 0.6) is 0 Å². The average Bonchev–Trinajstić information content (AvgIpc) is 2.37. The van der Waals surface area contributed by atoms with Gasteiger partial charge < -0.3 is 4.74 Å². The molecule has 4 nitrogen and oxygen atoms in total. The summed E-state index contributed by atoms with van der Waals surface area (Å²) in [4.78, 5) is 34.0. The van der Waals surface area contributed by atoms with Crippen LogP contribution >= 0.6 is 0 Å². The van der Waals surface area contributed by atoms with Crippen LogP contribution in [0.4, 0.5) is 0 Å². The number of hydrogen-bond donors (Lipinski definition) is 0. The van der Waals surface area contributed by atoms with Crippen molar-refractivity contribution in [2.75, 3.05) is 0 Å². The fourth-order valence-electron chi connectivity index (χ4n) is 1.40. The Labute approximate surface area is 94.7 Å². The smallest absolute Gasteiger partial charge is 0.342 e. The zero-order chi connectivity index (χ0) is 12.5. The SMILES string of the molecule is CC1=C(CCC(=O)C(C)(C)C)C(=O)OC1=O. The number of ketones is 1. The summed E-state index contributed by atoms with van der Waals surface area (Å²) in [6.45, 7) is 7.03. The predicted octanol–water partition coefficient (Wildman–Crippen LogP) is 1.78. The van der Waals surface area contributed by atoms with Gasteiger partial charge in [-0.05, 0) is 13.3 Å². The standard InChI is InChI=1S/C12H16O4/c1-7-8(11(15)16-10(7)14)5-6-9(13)12(2,3)4/h5-6H2,1-4H3.